The van der Waals surface area contributed by atoms with Crippen LogP contribution in [-0.2, 0) is 17.8 Å². The quantitative estimate of drug-likeness (QED) is 0.246. The van der Waals surface area contributed by atoms with Gasteiger partial charge in [-0.1, -0.05) is 54.6 Å². The van der Waals surface area contributed by atoms with Crippen LogP contribution < -0.4 is 10.6 Å². The molecule has 3 aromatic heterocycles. The number of fused-ring (bicyclic) bond motifs is 2. The highest BCUT2D eigenvalue weighted by Crippen LogP contribution is 2.35. The number of ether oxygens (including phenoxy) is 1. The van der Waals surface area contributed by atoms with Crippen LogP contribution in [0.15, 0.2) is 91.4 Å². The molecule has 0 spiro atoms. The van der Waals surface area contributed by atoms with Crippen molar-refractivity contribution in [2.24, 2.45) is 5.73 Å². The molecule has 2 N–H and O–H groups in total. The number of nitrogens with two attached hydrogens (primary N) is 1. The third-order valence-corrected chi connectivity index (χ3v) is 8.34. The van der Waals surface area contributed by atoms with Gasteiger partial charge in [0.1, 0.15) is 11.9 Å². The second-order valence-corrected chi connectivity index (χ2v) is 12.7. The molecule has 1 fully saturated rings. The van der Waals surface area contributed by atoms with Crippen molar-refractivity contribution in [2.75, 3.05) is 31.1 Å². The zero-order chi connectivity index (χ0) is 31.8. The molecule has 0 atom stereocenters. The molecule has 46 heavy (non-hydrogen) atoms. The largest absolute Gasteiger partial charge is 0.444 e. The summed E-state index contributed by atoms with van der Waals surface area (Å²) < 4.78 is 9.48. The van der Waals surface area contributed by atoms with Gasteiger partial charge >= 0.3 is 6.09 Å². The fourth-order valence-electron chi connectivity index (χ4n) is 6.08. The summed E-state index contributed by atoms with van der Waals surface area (Å²) in [5.41, 5.74) is 14.6. The van der Waals surface area contributed by atoms with Crippen LogP contribution in [0.2, 0.25) is 0 Å². The van der Waals surface area contributed by atoms with Crippen LogP contribution in [0, 0.1) is 0 Å². The van der Waals surface area contributed by atoms with E-state index >= 15 is 0 Å². The maximum atomic E-state index is 12.5. The van der Waals surface area contributed by atoms with E-state index in [-0.39, 0.29) is 6.09 Å². The van der Waals surface area contributed by atoms with Gasteiger partial charge in [0.05, 0.1) is 29.0 Å². The molecule has 1 saturated heterocycles. The first-order valence-electron chi connectivity index (χ1n) is 15.7. The molecule has 0 saturated carbocycles. The van der Waals surface area contributed by atoms with Crippen molar-refractivity contribution in [3.8, 4) is 22.4 Å². The third-order valence-electron chi connectivity index (χ3n) is 8.34. The zero-order valence-electron chi connectivity index (χ0n) is 26.4. The molecular formula is C36H38N8O2. The number of hydrogen-bond acceptors (Lipinski definition) is 7. The predicted octanol–water partition coefficient (Wildman–Crippen LogP) is 5.98. The zero-order valence-corrected chi connectivity index (χ0v) is 26.4. The molecule has 3 aromatic carbocycles. The average Bonchev–Trinajstić information content (AvgIpc) is 3.65. The third kappa shape index (κ3) is 5.91. The van der Waals surface area contributed by atoms with Gasteiger partial charge in [-0.2, -0.15) is 10.2 Å². The lowest BCUT2D eigenvalue weighted by Crippen LogP contribution is -2.50. The predicted molar refractivity (Wildman–Crippen MR) is 181 cm³/mol. The smallest absolute Gasteiger partial charge is 0.410 e. The Morgan fingerprint density at radius 3 is 2.37 bits per heavy atom. The number of benzene rings is 3. The monoisotopic (exact) mass is 614 g/mol. The number of carbonyl (C=O) groups excluding carboxylic acids is 1. The standard InChI is InChI=1S/C36H38N8O2/c1-36(2,3)46-35(45)42-17-15-41(16-18-42)29-13-11-26(12-14-29)33-20-30(34-32(21-37)38-24-39-44(33)34)27-9-10-28-23-43(40-31(28)19-27)22-25-7-5-4-6-8-25/h4-14,19-20,23-24H,15-18,21-22,37H2,1-3H3. The minimum atomic E-state index is -0.499. The number of rotatable bonds is 6. The van der Waals surface area contributed by atoms with Gasteiger partial charge < -0.3 is 20.3 Å². The van der Waals surface area contributed by atoms with Gasteiger partial charge in [-0.15, -0.1) is 0 Å². The van der Waals surface area contributed by atoms with Crippen molar-refractivity contribution >= 4 is 28.2 Å². The van der Waals surface area contributed by atoms with Crippen molar-refractivity contribution in [1.82, 2.24) is 29.3 Å². The van der Waals surface area contributed by atoms with E-state index in [1.165, 1.54) is 5.56 Å². The SMILES string of the molecule is CC(C)(C)OC(=O)N1CCN(c2ccc(-c3cc(-c4ccc5cn(Cc6ccccc6)nc5c4)c4c(CN)ncnn34)cc2)CC1. The van der Waals surface area contributed by atoms with Gasteiger partial charge in [0.25, 0.3) is 0 Å². The van der Waals surface area contributed by atoms with Crippen LogP contribution in [0.4, 0.5) is 10.5 Å². The van der Waals surface area contributed by atoms with Crippen LogP contribution in [-0.4, -0.2) is 67.2 Å². The first-order chi connectivity index (χ1) is 22.3. The van der Waals surface area contributed by atoms with Crippen LogP contribution in [0.1, 0.15) is 32.0 Å². The highest BCUT2D eigenvalue weighted by molar-refractivity contribution is 5.92. The Hall–Kier alpha value is -5.22. The van der Waals surface area contributed by atoms with Gasteiger partial charge in [-0.25, -0.2) is 14.3 Å². The molecule has 4 heterocycles. The normalized spacial score (nSPS) is 13.9. The van der Waals surface area contributed by atoms with Crippen LogP contribution >= 0.6 is 0 Å². The summed E-state index contributed by atoms with van der Waals surface area (Å²) in [7, 11) is 0. The summed E-state index contributed by atoms with van der Waals surface area (Å²) >= 11 is 0. The molecule has 1 amide bonds. The summed E-state index contributed by atoms with van der Waals surface area (Å²) in [5.74, 6) is 0. The Labute approximate surface area is 268 Å². The highest BCUT2D eigenvalue weighted by atomic mass is 16.6. The fourth-order valence-corrected chi connectivity index (χ4v) is 6.08. The molecule has 234 valence electrons. The first-order valence-corrected chi connectivity index (χ1v) is 15.7. The molecule has 0 radical (unpaired) electrons. The van der Waals surface area contributed by atoms with Crippen LogP contribution in [0.3, 0.4) is 0 Å². The maximum absolute atomic E-state index is 12.5. The van der Waals surface area contributed by atoms with Gasteiger partial charge in [-0.05, 0) is 56.2 Å². The second kappa shape index (κ2) is 11.9. The molecule has 0 aliphatic carbocycles. The fraction of sp³-hybridized carbons (Fsp3) is 0.278. The van der Waals surface area contributed by atoms with Gasteiger partial charge in [0.15, 0.2) is 0 Å². The Balaban J connectivity index is 1.16. The molecule has 1 aliphatic rings. The number of hydrogen-bond donors (Lipinski definition) is 1. The summed E-state index contributed by atoms with van der Waals surface area (Å²) in [6, 6.07) is 27.4. The van der Waals surface area contributed by atoms with E-state index in [1.54, 1.807) is 11.2 Å². The van der Waals surface area contributed by atoms with Crippen molar-refractivity contribution in [3.05, 3.63) is 103 Å². The summed E-state index contributed by atoms with van der Waals surface area (Å²) in [5, 5.41) is 10.6. The Morgan fingerprint density at radius 2 is 1.65 bits per heavy atom. The van der Waals surface area contributed by atoms with Crippen molar-refractivity contribution in [3.63, 3.8) is 0 Å². The van der Waals surface area contributed by atoms with Gasteiger partial charge in [0.2, 0.25) is 0 Å². The first kappa shape index (κ1) is 29.5. The lowest BCUT2D eigenvalue weighted by molar-refractivity contribution is 0.0240. The molecule has 10 nitrogen and oxygen atoms in total. The van der Waals surface area contributed by atoms with Crippen LogP contribution in [0.25, 0.3) is 38.8 Å². The average molecular weight is 615 g/mol. The van der Waals surface area contributed by atoms with E-state index < -0.39 is 5.60 Å². The summed E-state index contributed by atoms with van der Waals surface area (Å²) in [4.78, 5) is 21.1. The lowest BCUT2D eigenvalue weighted by atomic mass is 10.0. The molecule has 6 aromatic rings. The van der Waals surface area contributed by atoms with Crippen LogP contribution in [0.5, 0.6) is 0 Å². The summed E-state index contributed by atoms with van der Waals surface area (Å²) in [6.07, 6.45) is 3.40. The van der Waals surface area contributed by atoms with E-state index in [1.807, 2.05) is 48.2 Å². The Kier molecular flexibility index (Phi) is 7.66. The summed E-state index contributed by atoms with van der Waals surface area (Å²) in [6.45, 7) is 9.42. The molecule has 0 bridgehead atoms. The maximum Gasteiger partial charge on any atom is 0.410 e. The van der Waals surface area contributed by atoms with Crippen molar-refractivity contribution < 1.29 is 9.53 Å². The minimum Gasteiger partial charge on any atom is -0.444 e. The lowest BCUT2D eigenvalue weighted by Gasteiger charge is -2.36. The van der Waals surface area contributed by atoms with Gasteiger partial charge in [-0.3, -0.25) is 4.68 Å². The Morgan fingerprint density at radius 1 is 0.913 bits per heavy atom. The number of anilines is 1. The second-order valence-electron chi connectivity index (χ2n) is 12.7. The van der Waals surface area contributed by atoms with E-state index in [0.717, 1.165) is 63.3 Å². The number of carbonyl (C=O) groups is 1. The number of amides is 1. The molecule has 0 unspecified atom stereocenters. The molecule has 10 heteroatoms. The number of piperazine rings is 1. The highest BCUT2D eigenvalue weighted by Gasteiger charge is 2.26. The molecule has 7 rings (SSSR count). The number of nitrogens with zero attached hydrogens (tertiary/aromatic N) is 7. The Bertz CT molecular complexity index is 2000. The van der Waals surface area contributed by atoms with Gasteiger partial charge in [0, 0.05) is 61.1 Å². The number of aromatic nitrogens is 5. The molecular weight excluding hydrogens is 576 g/mol. The van der Waals surface area contributed by atoms with Crippen molar-refractivity contribution in [1.29, 1.82) is 0 Å². The van der Waals surface area contributed by atoms with E-state index in [4.69, 9.17) is 15.6 Å². The van der Waals surface area contributed by atoms with E-state index in [2.05, 4.69) is 81.8 Å². The topological polar surface area (TPSA) is 107 Å². The van der Waals surface area contributed by atoms with E-state index in [9.17, 15) is 4.79 Å². The van der Waals surface area contributed by atoms with E-state index in [0.29, 0.717) is 26.2 Å². The molecule has 1 aliphatic heterocycles. The van der Waals surface area contributed by atoms with Crippen molar-refractivity contribution in [2.45, 2.75) is 39.5 Å². The minimum absolute atomic E-state index is 0.253.